The second-order valence-corrected chi connectivity index (χ2v) is 4.19. The lowest BCUT2D eigenvalue weighted by atomic mass is 10.0. The first-order valence-corrected chi connectivity index (χ1v) is 5.16. The van der Waals surface area contributed by atoms with E-state index >= 15 is 0 Å². The number of hydrogen-bond acceptors (Lipinski definition) is 4. The maximum absolute atomic E-state index is 5.49. The molecule has 0 saturated carbocycles. The van der Waals surface area contributed by atoms with Crippen molar-refractivity contribution in [1.29, 1.82) is 0 Å². The Balaban J connectivity index is 2.90. The van der Waals surface area contributed by atoms with Crippen LogP contribution in [0.3, 0.4) is 0 Å². The van der Waals surface area contributed by atoms with Gasteiger partial charge in [-0.3, -0.25) is 11.3 Å². The number of ether oxygens (including phenoxy) is 1. The molecule has 1 atom stereocenters. The zero-order chi connectivity index (χ0) is 9.84. The van der Waals surface area contributed by atoms with E-state index in [9.17, 15) is 0 Å². The first-order valence-electron chi connectivity index (χ1n) is 4.28. The molecule has 0 spiro atoms. The van der Waals surface area contributed by atoms with Crippen molar-refractivity contribution in [3.8, 4) is 5.75 Å². The Bertz CT molecular complexity index is 260. The summed E-state index contributed by atoms with van der Waals surface area (Å²) in [5.74, 6) is 6.86. The molecular weight excluding hydrogens is 184 g/mol. The molecule has 0 bridgehead atoms. The number of thiophene rings is 1. The highest BCUT2D eigenvalue weighted by Crippen LogP contribution is 2.33. The normalized spacial score (nSPS) is 13.3. The Hall–Kier alpha value is -0.580. The van der Waals surface area contributed by atoms with Gasteiger partial charge in [0.2, 0.25) is 0 Å². The van der Waals surface area contributed by atoms with E-state index < -0.39 is 0 Å². The van der Waals surface area contributed by atoms with Gasteiger partial charge in [0.05, 0.1) is 18.0 Å². The highest BCUT2D eigenvalue weighted by atomic mass is 32.1. The molecule has 0 amide bonds. The summed E-state index contributed by atoms with van der Waals surface area (Å²) >= 11 is 1.67. The predicted octanol–water partition coefficient (Wildman–Crippen LogP) is 1.92. The minimum atomic E-state index is 0.176. The summed E-state index contributed by atoms with van der Waals surface area (Å²) in [6.07, 6.45) is 0. The van der Waals surface area contributed by atoms with Gasteiger partial charge in [0.15, 0.2) is 0 Å². The van der Waals surface area contributed by atoms with Crippen LogP contribution in [-0.2, 0) is 0 Å². The van der Waals surface area contributed by atoms with Crippen molar-refractivity contribution in [2.45, 2.75) is 19.9 Å². The van der Waals surface area contributed by atoms with Crippen molar-refractivity contribution in [3.05, 3.63) is 16.3 Å². The fourth-order valence-electron chi connectivity index (χ4n) is 1.28. The molecule has 13 heavy (non-hydrogen) atoms. The monoisotopic (exact) mass is 200 g/mol. The highest BCUT2D eigenvalue weighted by Gasteiger charge is 2.19. The summed E-state index contributed by atoms with van der Waals surface area (Å²) in [6.45, 7) is 4.26. The fourth-order valence-corrected chi connectivity index (χ4v) is 2.37. The Labute approximate surface area is 82.9 Å². The van der Waals surface area contributed by atoms with Crippen LogP contribution in [0.15, 0.2) is 11.4 Å². The Kier molecular flexibility index (Phi) is 3.71. The van der Waals surface area contributed by atoms with Gasteiger partial charge >= 0.3 is 0 Å². The molecule has 3 N–H and O–H groups in total. The van der Waals surface area contributed by atoms with E-state index in [0.717, 1.165) is 5.75 Å². The molecule has 74 valence electrons. The number of nitrogens with two attached hydrogens (primary N) is 1. The number of methoxy groups -OCH3 is 1. The first kappa shape index (κ1) is 10.5. The molecule has 0 fully saturated rings. The smallest absolute Gasteiger partial charge is 0.134 e. The van der Waals surface area contributed by atoms with Gasteiger partial charge in [-0.2, -0.15) is 0 Å². The molecule has 3 nitrogen and oxygen atoms in total. The third-order valence-corrected chi connectivity index (χ3v) is 2.99. The van der Waals surface area contributed by atoms with Gasteiger partial charge in [0, 0.05) is 0 Å². The van der Waals surface area contributed by atoms with Gasteiger partial charge in [-0.25, -0.2) is 0 Å². The minimum absolute atomic E-state index is 0.176. The van der Waals surface area contributed by atoms with Crippen molar-refractivity contribution >= 4 is 11.3 Å². The van der Waals surface area contributed by atoms with Crippen molar-refractivity contribution < 1.29 is 4.74 Å². The van der Waals surface area contributed by atoms with E-state index in [0.29, 0.717) is 5.92 Å². The summed E-state index contributed by atoms with van der Waals surface area (Å²) in [7, 11) is 1.68. The average Bonchev–Trinajstić information content (AvgIpc) is 2.53. The van der Waals surface area contributed by atoms with Gasteiger partial charge in [-0.15, -0.1) is 11.3 Å². The Morgan fingerprint density at radius 3 is 2.69 bits per heavy atom. The van der Waals surface area contributed by atoms with E-state index in [-0.39, 0.29) is 6.04 Å². The van der Waals surface area contributed by atoms with Crippen LogP contribution in [0.25, 0.3) is 0 Å². The molecule has 0 aliphatic carbocycles. The number of hydrogen-bond donors (Lipinski definition) is 2. The van der Waals surface area contributed by atoms with Crippen molar-refractivity contribution in [1.82, 2.24) is 5.43 Å². The van der Waals surface area contributed by atoms with E-state index in [2.05, 4.69) is 19.3 Å². The largest absolute Gasteiger partial charge is 0.496 e. The zero-order valence-corrected chi connectivity index (χ0v) is 9.02. The third kappa shape index (κ3) is 2.21. The first-order chi connectivity index (χ1) is 6.20. The molecule has 0 saturated heterocycles. The van der Waals surface area contributed by atoms with Gasteiger partial charge in [-0.1, -0.05) is 13.8 Å². The van der Waals surface area contributed by atoms with Gasteiger partial charge < -0.3 is 4.74 Å². The minimum Gasteiger partial charge on any atom is -0.496 e. The quantitative estimate of drug-likeness (QED) is 0.576. The average molecular weight is 200 g/mol. The fraction of sp³-hybridized carbons (Fsp3) is 0.556. The molecule has 0 aliphatic rings. The van der Waals surface area contributed by atoms with E-state index in [1.807, 2.05) is 11.4 Å². The number of nitrogens with one attached hydrogen (secondary N) is 1. The predicted molar refractivity (Wildman–Crippen MR) is 55.8 cm³/mol. The topological polar surface area (TPSA) is 47.3 Å². The van der Waals surface area contributed by atoms with Crippen LogP contribution in [0.5, 0.6) is 5.75 Å². The molecule has 0 radical (unpaired) electrons. The number of hydrazine groups is 1. The molecule has 1 aromatic heterocycles. The Morgan fingerprint density at radius 1 is 1.54 bits per heavy atom. The van der Waals surface area contributed by atoms with Crippen LogP contribution in [0.2, 0.25) is 0 Å². The highest BCUT2D eigenvalue weighted by molar-refractivity contribution is 7.10. The lowest BCUT2D eigenvalue weighted by molar-refractivity contribution is 0.380. The van der Waals surface area contributed by atoms with E-state index in [1.165, 1.54) is 4.88 Å². The zero-order valence-electron chi connectivity index (χ0n) is 8.20. The molecule has 4 heteroatoms. The molecule has 1 rings (SSSR count). The molecule has 1 aromatic rings. The Morgan fingerprint density at radius 2 is 2.23 bits per heavy atom. The van der Waals surface area contributed by atoms with Crippen LogP contribution in [0, 0.1) is 5.92 Å². The molecule has 1 heterocycles. The van der Waals surface area contributed by atoms with Crippen molar-refractivity contribution in [2.24, 2.45) is 11.8 Å². The molecule has 1 unspecified atom stereocenters. The molecular formula is C9H16N2OS. The van der Waals surface area contributed by atoms with Crippen LogP contribution in [-0.4, -0.2) is 7.11 Å². The van der Waals surface area contributed by atoms with Gasteiger partial charge in [-0.05, 0) is 17.4 Å². The summed E-state index contributed by atoms with van der Waals surface area (Å²) in [6, 6.07) is 2.14. The second-order valence-electron chi connectivity index (χ2n) is 3.24. The van der Waals surface area contributed by atoms with Crippen LogP contribution in [0.4, 0.5) is 0 Å². The maximum atomic E-state index is 5.49. The summed E-state index contributed by atoms with van der Waals surface area (Å²) in [5, 5.41) is 2.01. The lowest BCUT2D eigenvalue weighted by Gasteiger charge is -2.19. The maximum Gasteiger partial charge on any atom is 0.134 e. The summed E-state index contributed by atoms with van der Waals surface area (Å²) in [4.78, 5) is 1.17. The van der Waals surface area contributed by atoms with Gasteiger partial charge in [0.25, 0.3) is 0 Å². The SMILES string of the molecule is COc1ccsc1C(NN)C(C)C. The summed E-state index contributed by atoms with van der Waals surface area (Å²) < 4.78 is 5.23. The second kappa shape index (κ2) is 4.60. The van der Waals surface area contributed by atoms with Crippen LogP contribution < -0.4 is 16.0 Å². The third-order valence-electron chi connectivity index (χ3n) is 2.01. The van der Waals surface area contributed by atoms with Crippen molar-refractivity contribution in [2.75, 3.05) is 7.11 Å². The van der Waals surface area contributed by atoms with Crippen LogP contribution in [0.1, 0.15) is 24.8 Å². The summed E-state index contributed by atoms with van der Waals surface area (Å²) in [5.41, 5.74) is 2.81. The standard InChI is InChI=1S/C9H16N2OS/c1-6(2)8(11-10)9-7(12-3)4-5-13-9/h4-6,8,11H,10H2,1-3H3. The number of rotatable bonds is 4. The van der Waals surface area contributed by atoms with E-state index in [1.54, 1.807) is 18.4 Å². The lowest BCUT2D eigenvalue weighted by Crippen LogP contribution is -2.31. The van der Waals surface area contributed by atoms with Crippen molar-refractivity contribution in [3.63, 3.8) is 0 Å². The molecule has 0 aliphatic heterocycles. The van der Waals surface area contributed by atoms with Crippen LogP contribution >= 0.6 is 11.3 Å². The van der Waals surface area contributed by atoms with Gasteiger partial charge in [0.1, 0.15) is 5.75 Å². The molecule has 0 aromatic carbocycles. The van der Waals surface area contributed by atoms with E-state index in [4.69, 9.17) is 10.6 Å².